The van der Waals surface area contributed by atoms with Crippen LogP contribution in [0.25, 0.3) is 0 Å². The molecule has 0 aliphatic carbocycles. The summed E-state index contributed by atoms with van der Waals surface area (Å²) >= 11 is 0. The minimum atomic E-state index is -4.03. The Balaban J connectivity index is 1.85. The average Bonchev–Trinajstić information content (AvgIpc) is 3.08. The molecule has 1 aromatic rings. The number of aliphatic carboxylic acids is 1. The molecule has 2 heterocycles. The van der Waals surface area contributed by atoms with Crippen LogP contribution < -0.4 is 0 Å². The molecule has 0 aromatic heterocycles. The first-order chi connectivity index (χ1) is 11.4. The molecule has 2 aliphatic rings. The minimum Gasteiger partial charge on any atom is -0.480 e. The van der Waals surface area contributed by atoms with Gasteiger partial charge in [0, 0.05) is 12.6 Å². The molecule has 24 heavy (non-hydrogen) atoms. The van der Waals surface area contributed by atoms with Crippen LogP contribution in [0.15, 0.2) is 29.2 Å². The lowest BCUT2D eigenvalue weighted by atomic mass is 9.98. The third-order valence-corrected chi connectivity index (χ3v) is 6.77. The van der Waals surface area contributed by atoms with Gasteiger partial charge in [-0.15, -0.1) is 0 Å². The van der Waals surface area contributed by atoms with Crippen LogP contribution in [0.3, 0.4) is 0 Å². The Morgan fingerprint density at radius 3 is 2.54 bits per heavy atom. The van der Waals surface area contributed by atoms with Crippen LogP contribution in [0, 0.1) is 5.82 Å². The fraction of sp³-hybridized carbons (Fsp3) is 0.562. The van der Waals surface area contributed by atoms with Crippen molar-refractivity contribution in [2.75, 3.05) is 19.6 Å². The summed E-state index contributed by atoms with van der Waals surface area (Å²) in [6.07, 6.45) is 3.06. The second-order valence-corrected chi connectivity index (χ2v) is 8.24. The van der Waals surface area contributed by atoms with E-state index in [0.29, 0.717) is 6.42 Å². The monoisotopic (exact) mass is 356 g/mol. The molecule has 132 valence electrons. The van der Waals surface area contributed by atoms with E-state index in [1.165, 1.54) is 12.1 Å². The van der Waals surface area contributed by atoms with Crippen LogP contribution in [0.5, 0.6) is 0 Å². The summed E-state index contributed by atoms with van der Waals surface area (Å²) in [6.45, 7) is 2.01. The van der Waals surface area contributed by atoms with Crippen molar-refractivity contribution in [2.24, 2.45) is 0 Å². The van der Waals surface area contributed by atoms with Gasteiger partial charge >= 0.3 is 5.97 Å². The molecule has 2 saturated heterocycles. The van der Waals surface area contributed by atoms with E-state index in [9.17, 15) is 22.7 Å². The van der Waals surface area contributed by atoms with Gasteiger partial charge in [0.1, 0.15) is 11.9 Å². The normalized spacial score (nSPS) is 26.5. The Bertz CT molecular complexity index is 719. The Morgan fingerprint density at radius 1 is 1.21 bits per heavy atom. The van der Waals surface area contributed by atoms with Crippen molar-refractivity contribution in [3.63, 3.8) is 0 Å². The van der Waals surface area contributed by atoms with Crippen LogP contribution in [0.2, 0.25) is 0 Å². The summed E-state index contributed by atoms with van der Waals surface area (Å²) in [7, 11) is -4.03. The summed E-state index contributed by atoms with van der Waals surface area (Å²) < 4.78 is 39.9. The first-order valence-electron chi connectivity index (χ1n) is 8.14. The summed E-state index contributed by atoms with van der Waals surface area (Å²) in [5.74, 6) is -1.81. The molecular formula is C16H21FN2O4S. The smallest absolute Gasteiger partial charge is 0.322 e. The number of sulfonamides is 1. The molecular weight excluding hydrogens is 335 g/mol. The first kappa shape index (κ1) is 17.3. The number of piperidine rings is 1. The maximum absolute atomic E-state index is 13.4. The van der Waals surface area contributed by atoms with Crippen molar-refractivity contribution in [2.45, 2.75) is 42.7 Å². The Morgan fingerprint density at radius 2 is 1.92 bits per heavy atom. The number of halogens is 1. The number of carbonyl (C=O) groups is 1. The van der Waals surface area contributed by atoms with Crippen LogP contribution in [0.4, 0.5) is 4.39 Å². The summed E-state index contributed by atoms with van der Waals surface area (Å²) in [5.41, 5.74) is 0. The van der Waals surface area contributed by atoms with Crippen LogP contribution in [-0.4, -0.2) is 60.4 Å². The number of rotatable bonds is 4. The highest BCUT2D eigenvalue weighted by atomic mass is 32.2. The predicted molar refractivity (Wildman–Crippen MR) is 85.5 cm³/mol. The third kappa shape index (κ3) is 3.31. The molecule has 0 spiro atoms. The fourth-order valence-corrected chi connectivity index (χ4v) is 5.28. The third-order valence-electron chi connectivity index (χ3n) is 4.87. The lowest BCUT2D eigenvalue weighted by molar-refractivity contribution is -0.143. The molecule has 2 atom stereocenters. The Labute approximate surface area is 140 Å². The molecule has 8 heteroatoms. The first-order valence-corrected chi connectivity index (χ1v) is 9.58. The van der Waals surface area contributed by atoms with Gasteiger partial charge in [0.2, 0.25) is 10.0 Å². The molecule has 0 radical (unpaired) electrons. The van der Waals surface area contributed by atoms with E-state index in [0.717, 1.165) is 42.4 Å². The number of carboxylic acid groups (broad SMARTS) is 1. The van der Waals surface area contributed by atoms with E-state index in [1.807, 2.05) is 0 Å². The standard InChI is InChI=1S/C16H21FN2O4S/c17-12-4-3-5-14(10-12)24(22,23)19-9-6-13(11-15(19)16(20)21)18-7-1-2-8-18/h3-5,10,13,15H,1-2,6-9,11H2,(H,20,21)/t13-,15-/m0/s1. The van der Waals surface area contributed by atoms with Crippen LogP contribution >= 0.6 is 0 Å². The Kier molecular flexibility index (Phi) is 4.89. The highest BCUT2D eigenvalue weighted by molar-refractivity contribution is 7.89. The number of benzene rings is 1. The lowest BCUT2D eigenvalue weighted by Crippen LogP contribution is -2.54. The molecule has 0 bridgehead atoms. The van der Waals surface area contributed by atoms with Gasteiger partial charge in [0.05, 0.1) is 4.90 Å². The zero-order chi connectivity index (χ0) is 17.3. The van der Waals surface area contributed by atoms with Gasteiger partial charge in [-0.25, -0.2) is 12.8 Å². The van der Waals surface area contributed by atoms with Gasteiger partial charge in [-0.2, -0.15) is 4.31 Å². The highest BCUT2D eigenvalue weighted by Gasteiger charge is 2.42. The topological polar surface area (TPSA) is 77.9 Å². The molecule has 1 N–H and O–H groups in total. The predicted octanol–water partition coefficient (Wildman–Crippen LogP) is 1.53. The quantitative estimate of drug-likeness (QED) is 0.885. The summed E-state index contributed by atoms with van der Waals surface area (Å²) in [6, 6.07) is 3.68. The Hall–Kier alpha value is -1.51. The van der Waals surface area contributed by atoms with Crippen LogP contribution in [-0.2, 0) is 14.8 Å². The van der Waals surface area contributed by atoms with E-state index in [4.69, 9.17) is 0 Å². The number of likely N-dealkylation sites (tertiary alicyclic amines) is 1. The van der Waals surface area contributed by atoms with E-state index in [1.54, 1.807) is 0 Å². The maximum Gasteiger partial charge on any atom is 0.322 e. The molecule has 0 unspecified atom stereocenters. The van der Waals surface area contributed by atoms with Gasteiger partial charge in [0.25, 0.3) is 0 Å². The largest absolute Gasteiger partial charge is 0.480 e. The lowest BCUT2D eigenvalue weighted by Gasteiger charge is -2.39. The summed E-state index contributed by atoms with van der Waals surface area (Å²) in [5, 5.41) is 9.54. The fourth-order valence-electron chi connectivity index (χ4n) is 3.64. The average molecular weight is 356 g/mol. The zero-order valence-electron chi connectivity index (χ0n) is 13.3. The van der Waals surface area contributed by atoms with E-state index in [-0.39, 0.29) is 23.9 Å². The maximum atomic E-state index is 13.4. The summed E-state index contributed by atoms with van der Waals surface area (Å²) in [4.78, 5) is 13.7. The van der Waals surface area contributed by atoms with Crippen molar-refractivity contribution in [1.82, 2.24) is 9.21 Å². The molecule has 3 rings (SSSR count). The molecule has 2 fully saturated rings. The molecule has 2 aliphatic heterocycles. The van der Waals surface area contributed by atoms with E-state index < -0.39 is 27.9 Å². The van der Waals surface area contributed by atoms with Crippen LogP contribution in [0.1, 0.15) is 25.7 Å². The highest BCUT2D eigenvalue weighted by Crippen LogP contribution is 2.29. The molecule has 0 saturated carbocycles. The SMILES string of the molecule is O=C(O)[C@@H]1C[C@@H](N2CCCC2)CCN1S(=O)(=O)c1cccc(F)c1. The van der Waals surface area contributed by atoms with Crippen molar-refractivity contribution in [3.05, 3.63) is 30.1 Å². The van der Waals surface area contributed by atoms with Gasteiger partial charge in [-0.05, 0) is 57.0 Å². The van der Waals surface area contributed by atoms with Crippen molar-refractivity contribution in [1.29, 1.82) is 0 Å². The van der Waals surface area contributed by atoms with Gasteiger partial charge < -0.3 is 10.0 Å². The van der Waals surface area contributed by atoms with E-state index >= 15 is 0 Å². The minimum absolute atomic E-state index is 0.0903. The van der Waals surface area contributed by atoms with Gasteiger partial charge in [0.15, 0.2) is 0 Å². The molecule has 1 aromatic carbocycles. The number of carboxylic acids is 1. The van der Waals surface area contributed by atoms with E-state index in [2.05, 4.69) is 4.90 Å². The van der Waals surface area contributed by atoms with Gasteiger partial charge in [-0.1, -0.05) is 6.07 Å². The number of hydrogen-bond acceptors (Lipinski definition) is 4. The van der Waals surface area contributed by atoms with Gasteiger partial charge in [-0.3, -0.25) is 4.79 Å². The van der Waals surface area contributed by atoms with Crippen molar-refractivity contribution in [3.8, 4) is 0 Å². The second kappa shape index (κ2) is 6.78. The van der Waals surface area contributed by atoms with Crippen molar-refractivity contribution < 1.29 is 22.7 Å². The number of hydrogen-bond donors (Lipinski definition) is 1. The van der Waals surface area contributed by atoms with Crippen molar-refractivity contribution >= 4 is 16.0 Å². The second-order valence-electron chi connectivity index (χ2n) is 6.35. The zero-order valence-corrected chi connectivity index (χ0v) is 14.1. The molecule has 0 amide bonds. The molecule has 6 nitrogen and oxygen atoms in total. The number of nitrogens with zero attached hydrogens (tertiary/aromatic N) is 2.